The van der Waals surface area contributed by atoms with Crippen LogP contribution < -0.4 is 10.0 Å². The summed E-state index contributed by atoms with van der Waals surface area (Å²) in [6.45, 7) is 6.44. The summed E-state index contributed by atoms with van der Waals surface area (Å²) in [5.41, 5.74) is 4.28. The molecule has 156 valence electrons. The van der Waals surface area contributed by atoms with E-state index >= 15 is 0 Å². The molecule has 2 aromatic carbocycles. The molecule has 0 aliphatic heterocycles. The molecule has 5 rings (SSSR count). The van der Waals surface area contributed by atoms with Crippen molar-refractivity contribution >= 4 is 23.3 Å². The number of allylic oxidation sites excluding steroid dienone is 1. The molecule has 2 aromatic heterocycles. The van der Waals surface area contributed by atoms with Crippen LogP contribution in [-0.4, -0.2) is 20.1 Å². The third-order valence-electron chi connectivity index (χ3n) is 5.41. The fourth-order valence-corrected chi connectivity index (χ4v) is 3.72. The second-order valence-corrected chi connectivity index (χ2v) is 8.71. The number of H-pyrrole nitrogens is 1. The van der Waals surface area contributed by atoms with Crippen LogP contribution in [0.3, 0.4) is 0 Å². The van der Waals surface area contributed by atoms with Gasteiger partial charge in [-0.15, -0.1) is 0 Å². The van der Waals surface area contributed by atoms with E-state index in [0.29, 0.717) is 17.5 Å². The highest BCUT2D eigenvalue weighted by molar-refractivity contribution is 8.00. The molecule has 1 fully saturated rings. The maximum Gasteiger partial charge on any atom is 0.294 e. The van der Waals surface area contributed by atoms with Gasteiger partial charge >= 0.3 is 0 Å². The zero-order valence-corrected chi connectivity index (χ0v) is 17.9. The van der Waals surface area contributed by atoms with Crippen LogP contribution in [0, 0.1) is 5.41 Å². The number of hydrogen-bond donors (Lipinski definition) is 3. The molecule has 1 aliphatic carbocycles. The molecule has 0 amide bonds. The largest absolute Gasteiger partial charge is 0.359 e. The van der Waals surface area contributed by atoms with E-state index in [0.717, 1.165) is 27.5 Å². The first-order valence-corrected chi connectivity index (χ1v) is 10.8. The Morgan fingerprint density at radius 1 is 1.16 bits per heavy atom. The van der Waals surface area contributed by atoms with E-state index in [-0.39, 0.29) is 5.41 Å². The Morgan fingerprint density at radius 2 is 1.97 bits per heavy atom. The summed E-state index contributed by atoms with van der Waals surface area (Å²) >= 11 is 1.55. The number of nitrogens with one attached hydrogen (secondary N) is 3. The average molecular weight is 431 g/mol. The van der Waals surface area contributed by atoms with Crippen molar-refractivity contribution in [1.29, 1.82) is 0 Å². The molecule has 0 unspecified atom stereocenters. The zero-order valence-electron chi connectivity index (χ0n) is 17.1. The zero-order chi connectivity index (χ0) is 21.3. The quantitative estimate of drug-likeness (QED) is 0.297. The highest BCUT2D eigenvalue weighted by atomic mass is 32.2. The van der Waals surface area contributed by atoms with Gasteiger partial charge in [-0.25, -0.2) is 4.98 Å². The van der Waals surface area contributed by atoms with Crippen LogP contribution in [0.15, 0.2) is 82.6 Å². The van der Waals surface area contributed by atoms with Crippen molar-refractivity contribution in [3.63, 3.8) is 0 Å². The monoisotopic (exact) mass is 430 g/mol. The number of nitrogens with zero attached hydrogens (tertiary/aromatic N) is 3. The van der Waals surface area contributed by atoms with E-state index in [2.05, 4.69) is 55.8 Å². The third-order valence-corrected chi connectivity index (χ3v) is 6.26. The van der Waals surface area contributed by atoms with Crippen LogP contribution in [-0.2, 0) is 0 Å². The molecular weight excluding hydrogens is 408 g/mol. The molecule has 8 heteroatoms. The standard InChI is InChI=1S/C23H22N6OS/c1-15(23(2)10-11-23)26-17-4-3-5-18(14-17)29-31-19-8-6-16(7-9-19)20-27-22(30-28-20)21-24-12-13-25-21/h3-9,12-14,26,29H,1,10-11H2,2H3,(H,24,25). The van der Waals surface area contributed by atoms with E-state index in [9.17, 15) is 0 Å². The van der Waals surface area contributed by atoms with Gasteiger partial charge in [-0.3, -0.25) is 0 Å². The Balaban J connectivity index is 1.21. The molecule has 7 nitrogen and oxygen atoms in total. The lowest BCUT2D eigenvalue weighted by molar-refractivity contribution is 0.430. The van der Waals surface area contributed by atoms with E-state index in [1.807, 2.05) is 36.4 Å². The number of anilines is 2. The topological polar surface area (TPSA) is 91.7 Å². The van der Waals surface area contributed by atoms with Crippen molar-refractivity contribution in [3.8, 4) is 23.1 Å². The highest BCUT2D eigenvalue weighted by Gasteiger charge is 2.40. The van der Waals surface area contributed by atoms with E-state index in [4.69, 9.17) is 4.52 Å². The minimum Gasteiger partial charge on any atom is -0.359 e. The number of aromatic amines is 1. The van der Waals surface area contributed by atoms with Crippen molar-refractivity contribution in [2.75, 3.05) is 10.0 Å². The van der Waals surface area contributed by atoms with Gasteiger partial charge in [0, 0.05) is 45.3 Å². The number of benzene rings is 2. The van der Waals surface area contributed by atoms with Gasteiger partial charge in [-0.05, 0) is 67.3 Å². The molecule has 0 saturated heterocycles. The molecule has 0 bridgehead atoms. The average Bonchev–Trinajstić information content (AvgIpc) is 3.19. The first-order chi connectivity index (χ1) is 15.1. The Bertz CT molecular complexity index is 1200. The van der Waals surface area contributed by atoms with Crippen molar-refractivity contribution in [1.82, 2.24) is 20.1 Å². The Morgan fingerprint density at radius 3 is 2.71 bits per heavy atom. The lowest BCUT2D eigenvalue weighted by atomic mass is 10.1. The Kier molecular flexibility index (Phi) is 4.99. The first kappa shape index (κ1) is 19.4. The summed E-state index contributed by atoms with van der Waals surface area (Å²) in [6.07, 6.45) is 5.77. The predicted octanol–water partition coefficient (Wildman–Crippen LogP) is 5.97. The van der Waals surface area contributed by atoms with Crippen LogP contribution in [0.25, 0.3) is 23.1 Å². The normalized spacial score (nSPS) is 14.2. The van der Waals surface area contributed by atoms with Gasteiger partial charge in [-0.1, -0.05) is 24.7 Å². The first-order valence-electron chi connectivity index (χ1n) is 10.0. The fraction of sp³-hybridized carbons (Fsp3) is 0.174. The summed E-state index contributed by atoms with van der Waals surface area (Å²) in [5.74, 6) is 1.45. The molecule has 1 saturated carbocycles. The Labute approximate surface area is 184 Å². The summed E-state index contributed by atoms with van der Waals surface area (Å²) in [6, 6.07) is 16.2. The molecule has 1 aliphatic rings. The van der Waals surface area contributed by atoms with Crippen molar-refractivity contribution in [2.24, 2.45) is 5.41 Å². The predicted molar refractivity (Wildman–Crippen MR) is 123 cm³/mol. The molecule has 3 N–H and O–H groups in total. The van der Waals surface area contributed by atoms with E-state index in [1.54, 1.807) is 24.3 Å². The second-order valence-electron chi connectivity index (χ2n) is 7.83. The van der Waals surface area contributed by atoms with Gasteiger partial charge < -0.3 is 19.5 Å². The lowest BCUT2D eigenvalue weighted by Gasteiger charge is -2.16. The van der Waals surface area contributed by atoms with Crippen LogP contribution >= 0.6 is 11.9 Å². The van der Waals surface area contributed by atoms with Gasteiger partial charge in [0.2, 0.25) is 5.82 Å². The van der Waals surface area contributed by atoms with Gasteiger partial charge in [0.1, 0.15) is 0 Å². The smallest absolute Gasteiger partial charge is 0.294 e. The molecule has 0 atom stereocenters. The second kappa shape index (κ2) is 7.96. The molecule has 0 spiro atoms. The van der Waals surface area contributed by atoms with Crippen molar-refractivity contribution in [3.05, 3.63) is 73.2 Å². The summed E-state index contributed by atoms with van der Waals surface area (Å²) in [4.78, 5) is 12.5. The third kappa shape index (κ3) is 4.34. The summed E-state index contributed by atoms with van der Waals surface area (Å²) < 4.78 is 8.67. The van der Waals surface area contributed by atoms with Crippen molar-refractivity contribution < 1.29 is 4.52 Å². The van der Waals surface area contributed by atoms with Crippen LogP contribution in [0.5, 0.6) is 0 Å². The maximum absolute atomic E-state index is 5.28. The van der Waals surface area contributed by atoms with Crippen molar-refractivity contribution in [2.45, 2.75) is 24.7 Å². The van der Waals surface area contributed by atoms with Crippen LogP contribution in [0.2, 0.25) is 0 Å². The Hall–Kier alpha value is -3.52. The number of imidazole rings is 1. The summed E-state index contributed by atoms with van der Waals surface area (Å²) in [5, 5.41) is 7.49. The van der Waals surface area contributed by atoms with Gasteiger partial charge in [-0.2, -0.15) is 4.98 Å². The minimum atomic E-state index is 0.247. The fourth-order valence-electron chi connectivity index (χ4n) is 3.08. The SMILES string of the molecule is C=C(Nc1cccc(NSc2ccc(-c3noc(-c4ncc[nH]4)n3)cc2)c1)C1(C)CC1. The maximum atomic E-state index is 5.28. The number of rotatable bonds is 8. The number of aromatic nitrogens is 4. The van der Waals surface area contributed by atoms with Crippen LogP contribution in [0.1, 0.15) is 19.8 Å². The molecule has 31 heavy (non-hydrogen) atoms. The van der Waals surface area contributed by atoms with E-state index in [1.165, 1.54) is 12.8 Å². The van der Waals surface area contributed by atoms with E-state index < -0.39 is 0 Å². The molecule has 0 radical (unpaired) electrons. The summed E-state index contributed by atoms with van der Waals surface area (Å²) in [7, 11) is 0. The van der Waals surface area contributed by atoms with Gasteiger partial charge in [0.05, 0.1) is 0 Å². The molecule has 2 heterocycles. The highest BCUT2D eigenvalue weighted by Crippen LogP contribution is 2.50. The van der Waals surface area contributed by atoms with Crippen LogP contribution in [0.4, 0.5) is 11.4 Å². The van der Waals surface area contributed by atoms with Gasteiger partial charge in [0.25, 0.3) is 5.89 Å². The minimum absolute atomic E-state index is 0.247. The molecule has 4 aromatic rings. The number of hydrogen-bond acceptors (Lipinski definition) is 7. The van der Waals surface area contributed by atoms with Gasteiger partial charge in [0.15, 0.2) is 5.82 Å². The molecular formula is C23H22N6OS. The lowest BCUT2D eigenvalue weighted by Crippen LogP contribution is -2.08.